The highest BCUT2D eigenvalue weighted by Crippen LogP contribution is 2.22. The van der Waals surface area contributed by atoms with Crippen molar-refractivity contribution >= 4 is 11.6 Å². The van der Waals surface area contributed by atoms with Gasteiger partial charge in [0.05, 0.1) is 6.10 Å². The van der Waals surface area contributed by atoms with Crippen LogP contribution in [0.2, 0.25) is 0 Å². The van der Waals surface area contributed by atoms with Crippen LogP contribution in [0.15, 0.2) is 6.07 Å². The van der Waals surface area contributed by atoms with Gasteiger partial charge in [-0.2, -0.15) is 0 Å². The molecule has 0 saturated heterocycles. The van der Waals surface area contributed by atoms with Crippen molar-refractivity contribution in [2.75, 3.05) is 17.2 Å². The van der Waals surface area contributed by atoms with E-state index in [2.05, 4.69) is 41.4 Å². The standard InChI is InChI=1S/C15H28N4O/c1-7-16-12-9-13(17-10(2)8-11(3)20)19-14(18-12)15(4,5)6/h9-11,20H,7-8H2,1-6H3,(H2,16,17,18,19). The van der Waals surface area contributed by atoms with E-state index in [4.69, 9.17) is 0 Å². The van der Waals surface area contributed by atoms with E-state index < -0.39 is 0 Å². The van der Waals surface area contributed by atoms with Crippen LogP contribution in [0.3, 0.4) is 0 Å². The molecule has 1 rings (SSSR count). The molecule has 114 valence electrons. The van der Waals surface area contributed by atoms with Crippen LogP contribution in [-0.2, 0) is 5.41 Å². The number of aromatic nitrogens is 2. The maximum absolute atomic E-state index is 9.44. The van der Waals surface area contributed by atoms with E-state index in [-0.39, 0.29) is 17.6 Å². The fourth-order valence-corrected chi connectivity index (χ4v) is 1.95. The summed E-state index contributed by atoms with van der Waals surface area (Å²) < 4.78 is 0. The van der Waals surface area contributed by atoms with Crippen LogP contribution in [0.1, 0.15) is 53.8 Å². The molecule has 2 unspecified atom stereocenters. The predicted molar refractivity (Wildman–Crippen MR) is 84.3 cm³/mol. The van der Waals surface area contributed by atoms with Gasteiger partial charge in [0.2, 0.25) is 0 Å². The molecule has 0 spiro atoms. The minimum Gasteiger partial charge on any atom is -0.393 e. The molecule has 20 heavy (non-hydrogen) atoms. The Bertz CT molecular complexity index is 426. The van der Waals surface area contributed by atoms with Crippen molar-refractivity contribution in [2.24, 2.45) is 0 Å². The van der Waals surface area contributed by atoms with E-state index in [9.17, 15) is 5.11 Å². The molecule has 0 aromatic carbocycles. The molecular weight excluding hydrogens is 252 g/mol. The van der Waals surface area contributed by atoms with E-state index in [1.807, 2.05) is 19.9 Å². The lowest BCUT2D eigenvalue weighted by Gasteiger charge is -2.21. The summed E-state index contributed by atoms with van der Waals surface area (Å²) in [5, 5.41) is 16.0. The van der Waals surface area contributed by atoms with Gasteiger partial charge in [-0.3, -0.25) is 0 Å². The zero-order valence-electron chi connectivity index (χ0n) is 13.5. The van der Waals surface area contributed by atoms with Crippen molar-refractivity contribution in [3.8, 4) is 0 Å². The molecule has 0 radical (unpaired) electrons. The average Bonchev–Trinajstić information content (AvgIpc) is 2.26. The topological polar surface area (TPSA) is 70.1 Å². The lowest BCUT2D eigenvalue weighted by Crippen LogP contribution is -2.23. The lowest BCUT2D eigenvalue weighted by molar-refractivity contribution is 0.179. The van der Waals surface area contributed by atoms with Crippen LogP contribution >= 0.6 is 0 Å². The van der Waals surface area contributed by atoms with Gasteiger partial charge in [0.15, 0.2) is 0 Å². The summed E-state index contributed by atoms with van der Waals surface area (Å²) in [6.07, 6.45) is 0.362. The van der Waals surface area contributed by atoms with Gasteiger partial charge in [-0.05, 0) is 27.2 Å². The monoisotopic (exact) mass is 280 g/mol. The Balaban J connectivity index is 2.97. The summed E-state index contributed by atoms with van der Waals surface area (Å²) in [6, 6.07) is 2.07. The first-order valence-corrected chi connectivity index (χ1v) is 7.30. The van der Waals surface area contributed by atoms with E-state index in [0.717, 1.165) is 24.0 Å². The second-order valence-corrected chi connectivity index (χ2v) is 6.37. The second kappa shape index (κ2) is 6.88. The maximum Gasteiger partial charge on any atom is 0.138 e. The Labute approximate surface area is 122 Å². The SMILES string of the molecule is CCNc1cc(NC(C)CC(C)O)nc(C(C)(C)C)n1. The second-order valence-electron chi connectivity index (χ2n) is 6.37. The van der Waals surface area contributed by atoms with Gasteiger partial charge in [0, 0.05) is 24.1 Å². The van der Waals surface area contributed by atoms with E-state index in [0.29, 0.717) is 6.42 Å². The Hall–Kier alpha value is -1.36. The van der Waals surface area contributed by atoms with Gasteiger partial charge in [0.1, 0.15) is 17.5 Å². The van der Waals surface area contributed by atoms with Crippen LogP contribution in [-0.4, -0.2) is 33.8 Å². The average molecular weight is 280 g/mol. The number of rotatable bonds is 6. The highest BCUT2D eigenvalue weighted by molar-refractivity contribution is 5.48. The largest absolute Gasteiger partial charge is 0.393 e. The van der Waals surface area contributed by atoms with Gasteiger partial charge in [-0.25, -0.2) is 9.97 Å². The fraction of sp³-hybridized carbons (Fsp3) is 0.733. The molecule has 1 aromatic heterocycles. The highest BCUT2D eigenvalue weighted by atomic mass is 16.3. The van der Waals surface area contributed by atoms with Crippen LogP contribution in [0.25, 0.3) is 0 Å². The smallest absolute Gasteiger partial charge is 0.138 e. The Morgan fingerprint density at radius 1 is 1.20 bits per heavy atom. The summed E-state index contributed by atoms with van der Waals surface area (Å²) in [4.78, 5) is 9.14. The lowest BCUT2D eigenvalue weighted by atomic mass is 9.96. The van der Waals surface area contributed by atoms with Crippen molar-refractivity contribution in [2.45, 2.75) is 65.5 Å². The minimum atomic E-state index is -0.324. The Morgan fingerprint density at radius 2 is 1.80 bits per heavy atom. The van der Waals surface area contributed by atoms with Crippen molar-refractivity contribution in [3.63, 3.8) is 0 Å². The molecule has 1 heterocycles. The predicted octanol–water partition coefficient (Wildman–Crippen LogP) is 2.78. The fourth-order valence-electron chi connectivity index (χ4n) is 1.95. The number of aliphatic hydroxyl groups excluding tert-OH is 1. The van der Waals surface area contributed by atoms with E-state index in [1.165, 1.54) is 0 Å². The molecule has 0 fully saturated rings. The number of nitrogens with zero attached hydrogens (tertiary/aromatic N) is 2. The summed E-state index contributed by atoms with van der Waals surface area (Å²) in [6.45, 7) is 13.0. The van der Waals surface area contributed by atoms with Crippen LogP contribution in [0.4, 0.5) is 11.6 Å². The molecule has 2 atom stereocenters. The van der Waals surface area contributed by atoms with Crippen molar-refractivity contribution in [1.82, 2.24) is 9.97 Å². The van der Waals surface area contributed by atoms with Gasteiger partial charge in [-0.1, -0.05) is 20.8 Å². The highest BCUT2D eigenvalue weighted by Gasteiger charge is 2.19. The number of aliphatic hydroxyl groups is 1. The molecule has 3 N–H and O–H groups in total. The van der Waals surface area contributed by atoms with Crippen LogP contribution in [0, 0.1) is 0 Å². The molecule has 0 aliphatic rings. The molecule has 0 bridgehead atoms. The molecular formula is C15H28N4O. The quantitative estimate of drug-likeness (QED) is 0.747. The summed E-state index contributed by atoms with van der Waals surface area (Å²) in [5.74, 6) is 2.44. The van der Waals surface area contributed by atoms with Crippen LogP contribution < -0.4 is 10.6 Å². The third-order valence-electron chi connectivity index (χ3n) is 2.84. The van der Waals surface area contributed by atoms with Gasteiger partial charge < -0.3 is 15.7 Å². The van der Waals surface area contributed by atoms with E-state index >= 15 is 0 Å². The first kappa shape index (κ1) is 16.7. The van der Waals surface area contributed by atoms with Gasteiger partial charge in [-0.15, -0.1) is 0 Å². The van der Waals surface area contributed by atoms with Gasteiger partial charge in [0.25, 0.3) is 0 Å². The van der Waals surface area contributed by atoms with Crippen molar-refractivity contribution in [1.29, 1.82) is 0 Å². The molecule has 1 aromatic rings. The van der Waals surface area contributed by atoms with Gasteiger partial charge >= 0.3 is 0 Å². The molecule has 0 amide bonds. The molecule has 0 saturated carbocycles. The summed E-state index contributed by atoms with van der Waals surface area (Å²) in [7, 11) is 0. The summed E-state index contributed by atoms with van der Waals surface area (Å²) in [5.41, 5.74) is -0.102. The number of nitrogens with one attached hydrogen (secondary N) is 2. The molecule has 0 aliphatic carbocycles. The third-order valence-corrected chi connectivity index (χ3v) is 2.84. The Morgan fingerprint density at radius 3 is 2.30 bits per heavy atom. The number of hydrogen-bond acceptors (Lipinski definition) is 5. The first-order valence-electron chi connectivity index (χ1n) is 7.30. The number of anilines is 2. The third kappa shape index (κ3) is 5.33. The van der Waals surface area contributed by atoms with Crippen molar-refractivity contribution in [3.05, 3.63) is 11.9 Å². The zero-order chi connectivity index (χ0) is 15.3. The van der Waals surface area contributed by atoms with Crippen molar-refractivity contribution < 1.29 is 5.11 Å². The molecule has 5 nitrogen and oxygen atoms in total. The number of hydrogen-bond donors (Lipinski definition) is 3. The first-order chi connectivity index (χ1) is 9.22. The Kier molecular flexibility index (Phi) is 5.74. The normalized spacial score (nSPS) is 14.8. The molecule has 5 heteroatoms. The zero-order valence-corrected chi connectivity index (χ0v) is 13.5. The molecule has 0 aliphatic heterocycles. The van der Waals surface area contributed by atoms with Crippen LogP contribution in [0.5, 0.6) is 0 Å². The maximum atomic E-state index is 9.44. The summed E-state index contributed by atoms with van der Waals surface area (Å²) >= 11 is 0. The minimum absolute atomic E-state index is 0.102. The van der Waals surface area contributed by atoms with E-state index in [1.54, 1.807) is 6.92 Å².